The topological polar surface area (TPSA) is 78.9 Å². The van der Waals surface area contributed by atoms with Crippen LogP contribution in [0.15, 0.2) is 24.3 Å². The standard InChI is InChI=1S/C15H22N2O4/c1-10(2)14(15(19)16-20)17(3)13(18)9-11-5-7-12(21-4)8-6-11/h5-8,10,14,20H,9H2,1-4H3,(H,16,19)/t14-/m1/s1. The molecule has 0 unspecified atom stereocenters. The van der Waals surface area contributed by atoms with Crippen LogP contribution >= 0.6 is 0 Å². The molecule has 0 saturated heterocycles. The van der Waals surface area contributed by atoms with Crippen molar-refractivity contribution >= 4 is 11.8 Å². The molecule has 1 aromatic carbocycles. The van der Waals surface area contributed by atoms with Gasteiger partial charge in [0.1, 0.15) is 11.8 Å². The number of carbonyl (C=O) groups is 2. The Morgan fingerprint density at radius 2 is 1.86 bits per heavy atom. The summed E-state index contributed by atoms with van der Waals surface area (Å²) in [7, 11) is 3.14. The SMILES string of the molecule is COc1ccc(CC(=O)N(C)[C@@H](C(=O)NO)C(C)C)cc1. The zero-order valence-corrected chi connectivity index (χ0v) is 12.8. The quantitative estimate of drug-likeness (QED) is 0.611. The monoisotopic (exact) mass is 294 g/mol. The summed E-state index contributed by atoms with van der Waals surface area (Å²) in [4.78, 5) is 25.3. The van der Waals surface area contributed by atoms with Gasteiger partial charge in [-0.05, 0) is 23.6 Å². The first-order valence-corrected chi connectivity index (χ1v) is 6.73. The highest BCUT2D eigenvalue weighted by Gasteiger charge is 2.29. The summed E-state index contributed by atoms with van der Waals surface area (Å²) in [5, 5.41) is 8.78. The van der Waals surface area contributed by atoms with Gasteiger partial charge in [-0.1, -0.05) is 26.0 Å². The fraction of sp³-hybridized carbons (Fsp3) is 0.467. The van der Waals surface area contributed by atoms with Gasteiger partial charge in [0.05, 0.1) is 13.5 Å². The van der Waals surface area contributed by atoms with Gasteiger partial charge in [0, 0.05) is 7.05 Å². The molecule has 2 N–H and O–H groups in total. The number of benzene rings is 1. The predicted molar refractivity (Wildman–Crippen MR) is 78.0 cm³/mol. The number of nitrogens with zero attached hydrogens (tertiary/aromatic N) is 1. The smallest absolute Gasteiger partial charge is 0.266 e. The predicted octanol–water partition coefficient (Wildman–Crippen LogP) is 1.23. The second-order valence-corrected chi connectivity index (χ2v) is 5.19. The Morgan fingerprint density at radius 1 is 1.29 bits per heavy atom. The average molecular weight is 294 g/mol. The van der Waals surface area contributed by atoms with Crippen molar-refractivity contribution in [2.75, 3.05) is 14.2 Å². The maximum Gasteiger partial charge on any atom is 0.266 e. The molecule has 116 valence electrons. The Hall–Kier alpha value is -2.08. The lowest BCUT2D eigenvalue weighted by molar-refractivity contribution is -0.144. The molecule has 6 heteroatoms. The Morgan fingerprint density at radius 3 is 2.29 bits per heavy atom. The number of nitrogens with one attached hydrogen (secondary N) is 1. The first-order chi connectivity index (χ1) is 9.90. The molecule has 0 aromatic heterocycles. The van der Waals surface area contributed by atoms with Crippen molar-refractivity contribution in [2.45, 2.75) is 26.3 Å². The van der Waals surface area contributed by atoms with Crippen molar-refractivity contribution in [2.24, 2.45) is 5.92 Å². The largest absolute Gasteiger partial charge is 0.497 e. The molecule has 0 aliphatic carbocycles. The van der Waals surface area contributed by atoms with Gasteiger partial charge in [-0.3, -0.25) is 14.8 Å². The second-order valence-electron chi connectivity index (χ2n) is 5.19. The minimum Gasteiger partial charge on any atom is -0.497 e. The van der Waals surface area contributed by atoms with E-state index in [0.29, 0.717) is 0 Å². The molecule has 1 atom stereocenters. The highest BCUT2D eigenvalue weighted by molar-refractivity contribution is 5.87. The van der Waals surface area contributed by atoms with E-state index in [4.69, 9.17) is 9.94 Å². The van der Waals surface area contributed by atoms with Crippen LogP contribution in [0.4, 0.5) is 0 Å². The van der Waals surface area contributed by atoms with Gasteiger partial charge < -0.3 is 9.64 Å². The highest BCUT2D eigenvalue weighted by Crippen LogP contribution is 2.14. The van der Waals surface area contributed by atoms with E-state index in [0.717, 1.165) is 11.3 Å². The van der Waals surface area contributed by atoms with Crippen LogP contribution in [0, 0.1) is 5.92 Å². The molecule has 2 amide bonds. The second kappa shape index (κ2) is 7.64. The van der Waals surface area contributed by atoms with Crippen molar-refractivity contribution in [1.29, 1.82) is 0 Å². The van der Waals surface area contributed by atoms with E-state index in [1.165, 1.54) is 4.90 Å². The van der Waals surface area contributed by atoms with Gasteiger partial charge in [-0.15, -0.1) is 0 Å². The number of likely N-dealkylation sites (N-methyl/N-ethyl adjacent to an activating group) is 1. The number of hydrogen-bond acceptors (Lipinski definition) is 4. The van der Waals surface area contributed by atoms with Crippen LogP contribution < -0.4 is 10.2 Å². The third kappa shape index (κ3) is 4.46. The van der Waals surface area contributed by atoms with Crippen LogP contribution in [0.2, 0.25) is 0 Å². The summed E-state index contributed by atoms with van der Waals surface area (Å²) in [6.45, 7) is 3.63. The Kier molecular flexibility index (Phi) is 6.17. The van der Waals surface area contributed by atoms with Crippen LogP contribution in [0.25, 0.3) is 0 Å². The maximum atomic E-state index is 12.3. The molecular formula is C15H22N2O4. The zero-order chi connectivity index (χ0) is 16.0. The summed E-state index contributed by atoms with van der Waals surface area (Å²) in [6, 6.07) is 6.47. The van der Waals surface area contributed by atoms with Gasteiger partial charge in [0.15, 0.2) is 0 Å². The number of hydrogen-bond donors (Lipinski definition) is 2. The summed E-state index contributed by atoms with van der Waals surface area (Å²) in [5.41, 5.74) is 2.44. The van der Waals surface area contributed by atoms with Crippen LogP contribution in [-0.4, -0.2) is 42.1 Å². The van der Waals surface area contributed by atoms with E-state index >= 15 is 0 Å². The molecule has 0 aliphatic heterocycles. The minimum absolute atomic E-state index is 0.109. The van der Waals surface area contributed by atoms with Crippen LogP contribution in [-0.2, 0) is 16.0 Å². The Labute approximate surface area is 124 Å². The lowest BCUT2D eigenvalue weighted by Crippen LogP contribution is -2.50. The van der Waals surface area contributed by atoms with Gasteiger partial charge in [0.25, 0.3) is 5.91 Å². The normalized spacial score (nSPS) is 11.9. The van der Waals surface area contributed by atoms with E-state index in [1.54, 1.807) is 43.9 Å². The van der Waals surface area contributed by atoms with Crippen molar-refractivity contribution in [3.05, 3.63) is 29.8 Å². The lowest BCUT2D eigenvalue weighted by Gasteiger charge is -2.29. The van der Waals surface area contributed by atoms with Gasteiger partial charge >= 0.3 is 0 Å². The fourth-order valence-electron chi connectivity index (χ4n) is 2.19. The molecule has 0 aliphatic rings. The lowest BCUT2D eigenvalue weighted by atomic mass is 10.0. The van der Waals surface area contributed by atoms with Gasteiger partial charge in [-0.2, -0.15) is 0 Å². The van der Waals surface area contributed by atoms with E-state index in [1.807, 2.05) is 13.8 Å². The molecule has 0 spiro atoms. The maximum absolute atomic E-state index is 12.3. The van der Waals surface area contributed by atoms with E-state index in [2.05, 4.69) is 0 Å². The highest BCUT2D eigenvalue weighted by atomic mass is 16.5. The molecule has 0 radical (unpaired) electrons. The van der Waals surface area contributed by atoms with Crippen LogP contribution in [0.3, 0.4) is 0 Å². The number of ether oxygens (including phenoxy) is 1. The third-order valence-corrected chi connectivity index (χ3v) is 3.34. The van der Waals surface area contributed by atoms with Crippen LogP contribution in [0.5, 0.6) is 5.75 Å². The zero-order valence-electron chi connectivity index (χ0n) is 12.8. The van der Waals surface area contributed by atoms with Crippen molar-refractivity contribution in [1.82, 2.24) is 10.4 Å². The molecule has 0 saturated carbocycles. The van der Waals surface area contributed by atoms with Crippen LogP contribution in [0.1, 0.15) is 19.4 Å². The number of amides is 2. The molecule has 1 rings (SSSR count). The van der Waals surface area contributed by atoms with Gasteiger partial charge in [0.2, 0.25) is 5.91 Å². The fourth-order valence-corrected chi connectivity index (χ4v) is 2.19. The minimum atomic E-state index is -0.708. The first kappa shape index (κ1) is 17.0. The van der Waals surface area contributed by atoms with Crippen molar-refractivity contribution in [3.8, 4) is 5.75 Å². The van der Waals surface area contributed by atoms with E-state index in [9.17, 15) is 9.59 Å². The number of carbonyl (C=O) groups excluding carboxylic acids is 2. The molecule has 1 aromatic rings. The number of methoxy groups -OCH3 is 1. The summed E-state index contributed by atoms with van der Waals surface area (Å²) in [6.07, 6.45) is 0.183. The summed E-state index contributed by atoms with van der Waals surface area (Å²) < 4.78 is 5.06. The average Bonchev–Trinajstić information content (AvgIpc) is 2.47. The molecular weight excluding hydrogens is 272 g/mol. The molecule has 0 fully saturated rings. The number of rotatable bonds is 6. The Balaban J connectivity index is 2.78. The third-order valence-electron chi connectivity index (χ3n) is 3.34. The summed E-state index contributed by atoms with van der Waals surface area (Å²) in [5.74, 6) is -0.167. The number of hydroxylamine groups is 1. The van der Waals surface area contributed by atoms with E-state index in [-0.39, 0.29) is 18.2 Å². The first-order valence-electron chi connectivity index (χ1n) is 6.73. The summed E-state index contributed by atoms with van der Waals surface area (Å²) >= 11 is 0. The molecule has 0 heterocycles. The van der Waals surface area contributed by atoms with E-state index < -0.39 is 11.9 Å². The van der Waals surface area contributed by atoms with Gasteiger partial charge in [-0.25, -0.2) is 5.48 Å². The van der Waals surface area contributed by atoms with Crippen molar-refractivity contribution in [3.63, 3.8) is 0 Å². The van der Waals surface area contributed by atoms with Crippen molar-refractivity contribution < 1.29 is 19.5 Å². The molecule has 6 nitrogen and oxygen atoms in total. The molecule has 21 heavy (non-hydrogen) atoms. The molecule has 0 bridgehead atoms. The Bertz CT molecular complexity index is 485.